The van der Waals surface area contributed by atoms with Gasteiger partial charge in [-0.1, -0.05) is 60.7 Å². The van der Waals surface area contributed by atoms with Crippen LogP contribution in [0.1, 0.15) is 29.4 Å². The van der Waals surface area contributed by atoms with E-state index in [0.29, 0.717) is 0 Å². The van der Waals surface area contributed by atoms with Crippen molar-refractivity contribution in [1.82, 2.24) is 0 Å². The lowest BCUT2D eigenvalue weighted by molar-refractivity contribution is -0.384. The average molecular weight is 474 g/mol. The van der Waals surface area contributed by atoms with Crippen molar-refractivity contribution in [2.24, 2.45) is 0 Å². The van der Waals surface area contributed by atoms with E-state index in [9.17, 15) is 10.1 Å². The van der Waals surface area contributed by atoms with Crippen molar-refractivity contribution >= 4 is 29.1 Å². The van der Waals surface area contributed by atoms with Gasteiger partial charge in [0.15, 0.2) is 0 Å². The first-order valence-corrected chi connectivity index (χ1v) is 12.3. The molecule has 1 saturated carbocycles. The first-order chi connectivity index (χ1) is 16.1. The number of alkyl halides is 1. The smallest absolute Gasteiger partial charge is 0.269 e. The summed E-state index contributed by atoms with van der Waals surface area (Å²) >= 11 is 8.71. The molecule has 0 amide bonds. The molecule has 0 radical (unpaired) electrons. The number of nitro groups is 1. The van der Waals surface area contributed by atoms with Gasteiger partial charge in [-0.15, -0.1) is 23.4 Å². The fraction of sp³-hybridized carbons (Fsp3) is 0.185. The Balaban J connectivity index is 1.45. The van der Waals surface area contributed by atoms with Gasteiger partial charge in [-0.05, 0) is 18.6 Å². The van der Waals surface area contributed by atoms with Gasteiger partial charge in [0.05, 0.1) is 4.92 Å². The third-order valence-corrected chi connectivity index (χ3v) is 8.59. The van der Waals surface area contributed by atoms with E-state index in [1.165, 1.54) is 11.1 Å². The van der Waals surface area contributed by atoms with Gasteiger partial charge in [-0.25, -0.2) is 0 Å². The van der Waals surface area contributed by atoms with Crippen LogP contribution >= 0.6 is 23.4 Å². The topological polar surface area (TPSA) is 56.3 Å². The predicted molar refractivity (Wildman–Crippen MR) is 132 cm³/mol. The number of fused-ring (bicyclic) bond motifs is 5. The Bertz CT molecular complexity index is 1320. The summed E-state index contributed by atoms with van der Waals surface area (Å²) in [5.41, 5.74) is 4.76. The summed E-state index contributed by atoms with van der Waals surface area (Å²) < 4.78 is 6.59. The second-order valence-electron chi connectivity index (χ2n) is 8.54. The van der Waals surface area contributed by atoms with E-state index in [2.05, 4.69) is 24.3 Å². The molecule has 0 spiro atoms. The summed E-state index contributed by atoms with van der Waals surface area (Å²) in [4.78, 5) is 11.7. The molecule has 0 saturated heterocycles. The zero-order valence-corrected chi connectivity index (χ0v) is 19.1. The van der Waals surface area contributed by atoms with Crippen LogP contribution in [0.25, 0.3) is 22.6 Å². The van der Waals surface area contributed by atoms with Crippen LogP contribution in [0.2, 0.25) is 0 Å². The number of hydrogen-bond donors (Lipinski definition) is 0. The molecule has 2 aliphatic rings. The maximum Gasteiger partial charge on any atom is 0.269 e. The lowest BCUT2D eigenvalue weighted by Gasteiger charge is -2.19. The van der Waals surface area contributed by atoms with E-state index in [1.54, 1.807) is 23.9 Å². The third-order valence-electron chi connectivity index (χ3n) is 6.70. The zero-order valence-electron chi connectivity index (χ0n) is 17.6. The Morgan fingerprint density at radius 1 is 0.848 bits per heavy atom. The predicted octanol–water partition coefficient (Wildman–Crippen LogP) is 7.87. The van der Waals surface area contributed by atoms with Crippen molar-refractivity contribution in [3.05, 3.63) is 106 Å². The maximum absolute atomic E-state index is 11.0. The summed E-state index contributed by atoms with van der Waals surface area (Å²) in [7, 11) is 0. The van der Waals surface area contributed by atoms with Gasteiger partial charge >= 0.3 is 0 Å². The number of non-ortho nitro benzene ring substituents is 1. The molecule has 6 rings (SSSR count). The molecule has 1 heterocycles. The van der Waals surface area contributed by atoms with E-state index < -0.39 is 0 Å². The number of nitrogens with zero attached hydrogens (tertiary/aromatic N) is 1. The molecule has 1 aromatic heterocycles. The van der Waals surface area contributed by atoms with Crippen LogP contribution in [0, 0.1) is 10.1 Å². The monoisotopic (exact) mass is 473 g/mol. The highest BCUT2D eigenvalue weighted by atomic mass is 35.5. The molecule has 0 N–H and O–H groups in total. The Hall–Kier alpha value is -3.02. The fourth-order valence-corrected chi connectivity index (χ4v) is 7.38. The van der Waals surface area contributed by atoms with Crippen molar-refractivity contribution < 1.29 is 9.34 Å². The quantitative estimate of drug-likeness (QED) is 0.168. The lowest BCUT2D eigenvalue weighted by atomic mass is 9.89. The maximum atomic E-state index is 11.0. The Labute approximate surface area is 200 Å². The van der Waals surface area contributed by atoms with E-state index >= 15 is 0 Å². The first-order valence-electron chi connectivity index (χ1n) is 10.9. The molecule has 6 heteroatoms. The van der Waals surface area contributed by atoms with Crippen molar-refractivity contribution in [2.45, 2.75) is 33.8 Å². The molecule has 164 valence electrons. The van der Waals surface area contributed by atoms with Crippen molar-refractivity contribution in [3.8, 4) is 22.6 Å². The van der Waals surface area contributed by atoms with Gasteiger partial charge in [0.25, 0.3) is 5.69 Å². The SMILES string of the molecule is O=[N+]([O-])c1ccc(SC2[C@H]3c4c(-c5ccccc5)oc(-c5ccccc5)c4[C@@H]2C[C@H]3Cl)cc1. The van der Waals surface area contributed by atoms with Gasteiger partial charge < -0.3 is 4.42 Å². The normalized spacial score (nSPS) is 22.9. The number of halogens is 1. The minimum absolute atomic E-state index is 0.0294. The molecule has 33 heavy (non-hydrogen) atoms. The Morgan fingerprint density at radius 3 is 2.00 bits per heavy atom. The molecule has 4 atom stereocenters. The van der Waals surface area contributed by atoms with Crippen LogP contribution < -0.4 is 0 Å². The van der Waals surface area contributed by atoms with Crippen molar-refractivity contribution in [3.63, 3.8) is 0 Å². The van der Waals surface area contributed by atoms with E-state index in [-0.39, 0.29) is 33.1 Å². The number of benzene rings is 3. The highest BCUT2D eigenvalue weighted by Gasteiger charge is 2.55. The highest BCUT2D eigenvalue weighted by Crippen LogP contribution is 2.65. The number of nitro benzene ring substituents is 1. The minimum Gasteiger partial charge on any atom is -0.455 e. The molecule has 3 aromatic carbocycles. The van der Waals surface area contributed by atoms with Crippen LogP contribution in [0.5, 0.6) is 0 Å². The van der Waals surface area contributed by atoms with Crippen LogP contribution in [0.15, 0.2) is 94.2 Å². The van der Waals surface area contributed by atoms with E-state index in [4.69, 9.17) is 16.0 Å². The lowest BCUT2D eigenvalue weighted by Crippen LogP contribution is -2.12. The first kappa shape index (κ1) is 20.6. The molecule has 0 aliphatic heterocycles. The third kappa shape index (κ3) is 3.38. The van der Waals surface area contributed by atoms with Crippen LogP contribution in [0.4, 0.5) is 5.69 Å². The van der Waals surface area contributed by atoms with Gasteiger partial charge in [0, 0.05) is 61.7 Å². The molecule has 2 aliphatic carbocycles. The van der Waals surface area contributed by atoms with Crippen LogP contribution in [0.3, 0.4) is 0 Å². The Morgan fingerprint density at radius 2 is 1.42 bits per heavy atom. The fourth-order valence-electron chi connectivity index (χ4n) is 5.33. The second kappa shape index (κ2) is 8.08. The molecule has 4 aromatic rings. The van der Waals surface area contributed by atoms with E-state index in [0.717, 1.165) is 34.0 Å². The molecule has 4 nitrogen and oxygen atoms in total. The number of furan rings is 1. The van der Waals surface area contributed by atoms with Crippen LogP contribution in [-0.4, -0.2) is 15.6 Å². The molecular formula is C27H20ClNO3S. The number of rotatable bonds is 5. The zero-order chi connectivity index (χ0) is 22.5. The molecular weight excluding hydrogens is 454 g/mol. The van der Waals surface area contributed by atoms with Crippen LogP contribution in [-0.2, 0) is 0 Å². The van der Waals surface area contributed by atoms with Gasteiger partial charge in [-0.2, -0.15) is 0 Å². The standard InChI is InChI=1S/C27H20ClNO3S/c28-21-15-20-22-24(23(21)27(20)33-19-13-11-18(12-14-19)29(30)31)26(17-9-5-2-6-10-17)32-25(22)16-7-3-1-4-8-16/h1-14,20-21,23,27H,15H2/t20-,21+,23+,27?/m0/s1. The number of thioether (sulfide) groups is 1. The summed E-state index contributed by atoms with van der Waals surface area (Å²) in [6.45, 7) is 0. The van der Waals surface area contributed by atoms with Gasteiger partial charge in [0.2, 0.25) is 0 Å². The van der Waals surface area contributed by atoms with Crippen molar-refractivity contribution in [1.29, 1.82) is 0 Å². The summed E-state index contributed by atoms with van der Waals surface area (Å²) in [6, 6.07) is 27.3. The summed E-state index contributed by atoms with van der Waals surface area (Å²) in [5, 5.41) is 11.3. The average Bonchev–Trinajstić information content (AvgIpc) is 3.47. The number of hydrogen-bond acceptors (Lipinski definition) is 4. The molecule has 1 unspecified atom stereocenters. The summed E-state index contributed by atoms with van der Waals surface area (Å²) in [6.07, 6.45) is 0.900. The van der Waals surface area contributed by atoms with Gasteiger partial charge in [-0.3, -0.25) is 10.1 Å². The van der Waals surface area contributed by atoms with E-state index in [1.807, 2.05) is 48.5 Å². The minimum atomic E-state index is -0.363. The van der Waals surface area contributed by atoms with Crippen molar-refractivity contribution in [2.75, 3.05) is 0 Å². The second-order valence-corrected chi connectivity index (χ2v) is 10.3. The molecule has 2 bridgehead atoms. The Kier molecular flexibility index (Phi) is 5.04. The molecule has 1 fully saturated rings. The summed E-state index contributed by atoms with van der Waals surface area (Å²) in [5.74, 6) is 2.28. The van der Waals surface area contributed by atoms with Gasteiger partial charge in [0.1, 0.15) is 11.5 Å². The largest absolute Gasteiger partial charge is 0.455 e. The highest BCUT2D eigenvalue weighted by molar-refractivity contribution is 8.00.